The van der Waals surface area contributed by atoms with Crippen LogP contribution in [0.25, 0.3) is 0 Å². The van der Waals surface area contributed by atoms with Gasteiger partial charge in [0.15, 0.2) is 0 Å². The topological polar surface area (TPSA) is 43.8 Å². The molecule has 4 heteroatoms. The molecule has 0 bridgehead atoms. The molecule has 1 aromatic carbocycles. The minimum absolute atomic E-state index is 0.247. The molecule has 1 N–H and O–H groups in total. The summed E-state index contributed by atoms with van der Waals surface area (Å²) in [6, 6.07) is 8.86. The first kappa shape index (κ1) is 18.4. The first-order chi connectivity index (χ1) is 12.1. The number of rotatable bonds is 6. The summed E-state index contributed by atoms with van der Waals surface area (Å²) in [5, 5.41) is 9.22. The van der Waals surface area contributed by atoms with Gasteiger partial charge in [-0.1, -0.05) is 29.8 Å². The van der Waals surface area contributed by atoms with Gasteiger partial charge in [0.1, 0.15) is 0 Å². The zero-order valence-electron chi connectivity index (χ0n) is 15.5. The van der Waals surface area contributed by atoms with E-state index in [0.717, 1.165) is 57.8 Å². The Morgan fingerprint density at radius 3 is 2.40 bits per heavy atom. The van der Waals surface area contributed by atoms with Crippen LogP contribution < -0.4 is 0 Å². The van der Waals surface area contributed by atoms with Crippen LogP contribution in [0.15, 0.2) is 24.3 Å². The zero-order chi connectivity index (χ0) is 17.6. The lowest BCUT2D eigenvalue weighted by atomic mass is 9.90. The fraction of sp³-hybridized carbons (Fsp3) is 0.667. The maximum absolute atomic E-state index is 12.5. The zero-order valence-corrected chi connectivity index (χ0v) is 15.5. The second kappa shape index (κ2) is 8.81. The van der Waals surface area contributed by atoms with Gasteiger partial charge in [-0.2, -0.15) is 0 Å². The van der Waals surface area contributed by atoms with Crippen molar-refractivity contribution in [2.45, 2.75) is 39.0 Å². The third-order valence-corrected chi connectivity index (χ3v) is 5.92. The number of carbonyl (C=O) groups is 1. The van der Waals surface area contributed by atoms with Crippen LogP contribution in [0.4, 0.5) is 0 Å². The Morgan fingerprint density at radius 2 is 1.76 bits per heavy atom. The molecule has 25 heavy (non-hydrogen) atoms. The van der Waals surface area contributed by atoms with E-state index in [1.54, 1.807) is 0 Å². The number of aryl methyl sites for hydroxylation is 2. The minimum Gasteiger partial charge on any atom is -0.396 e. The molecule has 3 rings (SSSR count). The lowest BCUT2D eigenvalue weighted by molar-refractivity contribution is -0.133. The summed E-state index contributed by atoms with van der Waals surface area (Å²) in [4.78, 5) is 16.7. The van der Waals surface area contributed by atoms with Gasteiger partial charge in [0.25, 0.3) is 0 Å². The molecule has 4 nitrogen and oxygen atoms in total. The first-order valence-corrected chi connectivity index (χ1v) is 9.80. The van der Waals surface area contributed by atoms with Gasteiger partial charge in [-0.3, -0.25) is 9.69 Å². The van der Waals surface area contributed by atoms with E-state index in [0.29, 0.717) is 12.5 Å². The Hall–Kier alpha value is -1.39. The second-order valence-corrected chi connectivity index (χ2v) is 7.92. The lowest BCUT2D eigenvalue weighted by Gasteiger charge is -2.33. The van der Waals surface area contributed by atoms with E-state index in [2.05, 4.69) is 41.0 Å². The highest BCUT2D eigenvalue weighted by atomic mass is 16.3. The Kier molecular flexibility index (Phi) is 6.49. The molecule has 0 spiro atoms. The molecule has 1 unspecified atom stereocenters. The number of piperidine rings is 1. The average Bonchev–Trinajstić information content (AvgIpc) is 3.09. The van der Waals surface area contributed by atoms with Crippen molar-refractivity contribution < 1.29 is 9.90 Å². The van der Waals surface area contributed by atoms with Crippen molar-refractivity contribution in [2.75, 3.05) is 39.3 Å². The van der Waals surface area contributed by atoms with E-state index in [1.165, 1.54) is 17.5 Å². The summed E-state index contributed by atoms with van der Waals surface area (Å²) in [6.45, 7) is 6.55. The molecule has 2 aliphatic heterocycles. The second-order valence-electron chi connectivity index (χ2n) is 7.92. The van der Waals surface area contributed by atoms with Crippen LogP contribution in [-0.2, 0) is 11.2 Å². The van der Waals surface area contributed by atoms with Crippen molar-refractivity contribution >= 4 is 5.91 Å². The molecule has 2 fully saturated rings. The fourth-order valence-corrected chi connectivity index (χ4v) is 4.09. The van der Waals surface area contributed by atoms with Gasteiger partial charge >= 0.3 is 0 Å². The highest BCUT2D eigenvalue weighted by Crippen LogP contribution is 2.23. The molecule has 2 heterocycles. The monoisotopic (exact) mass is 344 g/mol. The van der Waals surface area contributed by atoms with Crippen LogP contribution in [0.1, 0.15) is 36.8 Å². The van der Waals surface area contributed by atoms with Crippen LogP contribution in [0.2, 0.25) is 0 Å². The fourth-order valence-electron chi connectivity index (χ4n) is 4.09. The first-order valence-electron chi connectivity index (χ1n) is 9.80. The van der Waals surface area contributed by atoms with Gasteiger partial charge in [-0.15, -0.1) is 0 Å². The molecule has 2 aliphatic rings. The van der Waals surface area contributed by atoms with E-state index >= 15 is 0 Å². The highest BCUT2D eigenvalue weighted by molar-refractivity contribution is 5.78. The Morgan fingerprint density at radius 1 is 1.08 bits per heavy atom. The number of aliphatic hydroxyl groups is 1. The molecule has 0 aromatic heterocycles. The normalized spacial score (nSPS) is 22.5. The molecule has 1 aromatic rings. The molecule has 1 amide bonds. The standard InChI is InChI=1S/C21H32N2O2/c1-17-2-4-18(5-3-17)6-7-19-9-12-23(13-10-19)21(25)15-22-11-8-20(14-22)16-24/h2-5,19-20,24H,6-16H2,1H3. The molecule has 2 saturated heterocycles. The smallest absolute Gasteiger partial charge is 0.236 e. The van der Waals surface area contributed by atoms with E-state index in [-0.39, 0.29) is 12.5 Å². The van der Waals surface area contributed by atoms with Gasteiger partial charge in [0, 0.05) is 26.2 Å². The van der Waals surface area contributed by atoms with Gasteiger partial charge < -0.3 is 10.0 Å². The van der Waals surface area contributed by atoms with E-state index < -0.39 is 0 Å². The Bertz CT molecular complexity index is 550. The number of nitrogens with zero attached hydrogens (tertiary/aromatic N) is 2. The van der Waals surface area contributed by atoms with E-state index in [9.17, 15) is 9.90 Å². The number of hydrogen-bond acceptors (Lipinski definition) is 3. The predicted octanol–water partition coefficient (Wildman–Crippen LogP) is 2.48. The molecular formula is C21H32N2O2. The largest absolute Gasteiger partial charge is 0.396 e. The van der Waals surface area contributed by atoms with Gasteiger partial charge in [-0.05, 0) is 63.0 Å². The molecule has 0 saturated carbocycles. The number of amides is 1. The van der Waals surface area contributed by atoms with Crippen LogP contribution in [-0.4, -0.2) is 60.1 Å². The van der Waals surface area contributed by atoms with Crippen molar-refractivity contribution in [3.8, 4) is 0 Å². The van der Waals surface area contributed by atoms with E-state index in [4.69, 9.17) is 0 Å². The summed E-state index contributed by atoms with van der Waals surface area (Å²) in [6.07, 6.45) is 5.67. The summed E-state index contributed by atoms with van der Waals surface area (Å²) in [5.74, 6) is 1.38. The maximum atomic E-state index is 12.5. The number of likely N-dealkylation sites (tertiary alicyclic amines) is 2. The molecule has 0 radical (unpaired) electrons. The summed E-state index contributed by atoms with van der Waals surface area (Å²) in [7, 11) is 0. The van der Waals surface area contributed by atoms with Gasteiger partial charge in [-0.25, -0.2) is 0 Å². The van der Waals surface area contributed by atoms with Crippen LogP contribution in [0.3, 0.4) is 0 Å². The highest BCUT2D eigenvalue weighted by Gasteiger charge is 2.27. The number of aliphatic hydroxyl groups excluding tert-OH is 1. The van der Waals surface area contributed by atoms with E-state index in [1.807, 2.05) is 0 Å². The van der Waals surface area contributed by atoms with Crippen molar-refractivity contribution in [1.82, 2.24) is 9.80 Å². The summed E-state index contributed by atoms with van der Waals surface area (Å²) in [5.41, 5.74) is 2.75. The maximum Gasteiger partial charge on any atom is 0.236 e. The molecule has 138 valence electrons. The Balaban J connectivity index is 1.36. The number of carbonyl (C=O) groups excluding carboxylic acids is 1. The SMILES string of the molecule is Cc1ccc(CCC2CCN(C(=O)CN3CCC(CO)C3)CC2)cc1. The van der Waals surface area contributed by atoms with Crippen molar-refractivity contribution in [3.05, 3.63) is 35.4 Å². The lowest BCUT2D eigenvalue weighted by Crippen LogP contribution is -2.43. The van der Waals surface area contributed by atoms with Crippen molar-refractivity contribution in [3.63, 3.8) is 0 Å². The number of hydrogen-bond donors (Lipinski definition) is 1. The Labute approximate surface area is 151 Å². The van der Waals surface area contributed by atoms with Crippen LogP contribution in [0, 0.1) is 18.8 Å². The number of benzene rings is 1. The molecule has 0 aliphatic carbocycles. The van der Waals surface area contributed by atoms with Crippen LogP contribution in [0.5, 0.6) is 0 Å². The third-order valence-electron chi connectivity index (χ3n) is 5.92. The minimum atomic E-state index is 0.247. The third kappa shape index (κ3) is 5.29. The van der Waals surface area contributed by atoms with Crippen molar-refractivity contribution in [1.29, 1.82) is 0 Å². The average molecular weight is 344 g/mol. The summed E-state index contributed by atoms with van der Waals surface area (Å²) < 4.78 is 0. The molecular weight excluding hydrogens is 312 g/mol. The summed E-state index contributed by atoms with van der Waals surface area (Å²) >= 11 is 0. The van der Waals surface area contributed by atoms with Crippen LogP contribution >= 0.6 is 0 Å². The molecule has 1 atom stereocenters. The van der Waals surface area contributed by atoms with Gasteiger partial charge in [0.2, 0.25) is 5.91 Å². The quantitative estimate of drug-likeness (QED) is 0.862. The van der Waals surface area contributed by atoms with Gasteiger partial charge in [0.05, 0.1) is 6.54 Å². The van der Waals surface area contributed by atoms with Crippen molar-refractivity contribution in [2.24, 2.45) is 11.8 Å². The predicted molar refractivity (Wildman–Crippen MR) is 100 cm³/mol.